The topological polar surface area (TPSA) is 17.0 Å². The van der Waals surface area contributed by atoms with Crippen LogP contribution >= 0.6 is 0 Å². The van der Waals surface area contributed by atoms with E-state index in [1.807, 2.05) is 0 Å². The zero-order chi connectivity index (χ0) is 9.97. The molecular formula is C12H20N2. The fourth-order valence-corrected chi connectivity index (χ4v) is 1.99. The first-order chi connectivity index (χ1) is 6.81. The molecule has 1 saturated carbocycles. The monoisotopic (exact) mass is 192 g/mol. The fourth-order valence-electron chi connectivity index (χ4n) is 1.99. The highest BCUT2D eigenvalue weighted by atomic mass is 15.0. The summed E-state index contributed by atoms with van der Waals surface area (Å²) >= 11 is 0. The summed E-state index contributed by atoms with van der Waals surface area (Å²) in [6.45, 7) is 7.80. The van der Waals surface area contributed by atoms with Crippen LogP contribution in [0.15, 0.2) is 18.3 Å². The molecule has 0 amide bonds. The van der Waals surface area contributed by atoms with Crippen LogP contribution in [-0.4, -0.2) is 11.1 Å². The highest BCUT2D eigenvalue weighted by molar-refractivity contribution is 5.06. The summed E-state index contributed by atoms with van der Waals surface area (Å²) in [5.74, 6) is 1.90. The Hall–Kier alpha value is -0.760. The summed E-state index contributed by atoms with van der Waals surface area (Å²) in [7, 11) is 0. The molecule has 2 atom stereocenters. The van der Waals surface area contributed by atoms with E-state index in [2.05, 4.69) is 42.1 Å². The zero-order valence-electron chi connectivity index (χ0n) is 9.16. The molecule has 14 heavy (non-hydrogen) atoms. The Kier molecular flexibility index (Phi) is 2.92. The number of hydrogen-bond acceptors (Lipinski definition) is 1. The van der Waals surface area contributed by atoms with Crippen molar-refractivity contribution in [1.29, 1.82) is 0 Å². The molecule has 2 heteroatoms. The van der Waals surface area contributed by atoms with Crippen molar-refractivity contribution < 1.29 is 0 Å². The Balaban J connectivity index is 1.74. The minimum atomic E-state index is 0.944. The Labute approximate surface area is 86.3 Å². The molecule has 1 aliphatic rings. The summed E-state index contributed by atoms with van der Waals surface area (Å²) in [6, 6.07) is 4.33. The summed E-state index contributed by atoms with van der Waals surface area (Å²) < 4.78 is 2.29. The Morgan fingerprint density at radius 1 is 1.57 bits per heavy atom. The van der Waals surface area contributed by atoms with Crippen molar-refractivity contribution in [3.05, 3.63) is 24.0 Å². The number of nitrogens with one attached hydrogen (secondary N) is 1. The van der Waals surface area contributed by atoms with Gasteiger partial charge in [0.2, 0.25) is 0 Å². The predicted molar refractivity (Wildman–Crippen MR) is 59.1 cm³/mol. The second kappa shape index (κ2) is 4.18. The molecule has 1 aromatic rings. The van der Waals surface area contributed by atoms with E-state index >= 15 is 0 Å². The molecule has 1 heterocycles. The van der Waals surface area contributed by atoms with Crippen LogP contribution in [-0.2, 0) is 13.1 Å². The van der Waals surface area contributed by atoms with E-state index in [1.54, 1.807) is 0 Å². The maximum absolute atomic E-state index is 3.53. The molecule has 78 valence electrons. The van der Waals surface area contributed by atoms with E-state index < -0.39 is 0 Å². The summed E-state index contributed by atoms with van der Waals surface area (Å²) in [6.07, 6.45) is 3.57. The molecule has 0 aliphatic heterocycles. The first-order valence-corrected chi connectivity index (χ1v) is 5.66. The van der Waals surface area contributed by atoms with Crippen molar-refractivity contribution in [2.45, 2.75) is 33.4 Å². The van der Waals surface area contributed by atoms with Crippen LogP contribution in [0.4, 0.5) is 0 Å². The quantitative estimate of drug-likeness (QED) is 0.757. The van der Waals surface area contributed by atoms with Crippen LogP contribution in [0.3, 0.4) is 0 Å². The van der Waals surface area contributed by atoms with Crippen molar-refractivity contribution in [1.82, 2.24) is 9.88 Å². The summed E-state index contributed by atoms with van der Waals surface area (Å²) in [4.78, 5) is 0. The van der Waals surface area contributed by atoms with Gasteiger partial charge in [0.05, 0.1) is 0 Å². The molecule has 2 nitrogen and oxygen atoms in total. The zero-order valence-corrected chi connectivity index (χ0v) is 9.16. The van der Waals surface area contributed by atoms with Gasteiger partial charge in [0.1, 0.15) is 0 Å². The molecule has 0 bridgehead atoms. The normalized spacial score (nSPS) is 25.3. The standard InChI is InChI=1S/C12H20N2/c1-3-14-6-4-5-12(14)9-13-8-11-7-10(11)2/h4-6,10-11,13H,3,7-9H2,1-2H3. The second-order valence-corrected chi connectivity index (χ2v) is 4.39. The largest absolute Gasteiger partial charge is 0.351 e. The number of aromatic nitrogens is 1. The molecule has 2 unspecified atom stereocenters. The van der Waals surface area contributed by atoms with Gasteiger partial charge in [-0.05, 0) is 43.9 Å². The van der Waals surface area contributed by atoms with Gasteiger partial charge in [-0.25, -0.2) is 0 Å². The van der Waals surface area contributed by atoms with Gasteiger partial charge < -0.3 is 9.88 Å². The molecule has 0 saturated heterocycles. The molecule has 1 N–H and O–H groups in total. The van der Waals surface area contributed by atoms with Crippen molar-refractivity contribution >= 4 is 0 Å². The SMILES string of the molecule is CCn1cccc1CNCC1CC1C. The molecule has 0 spiro atoms. The summed E-state index contributed by atoms with van der Waals surface area (Å²) in [5, 5.41) is 3.53. The molecule has 1 fully saturated rings. The van der Waals surface area contributed by atoms with Crippen LogP contribution < -0.4 is 5.32 Å². The van der Waals surface area contributed by atoms with Gasteiger partial charge in [-0.2, -0.15) is 0 Å². The van der Waals surface area contributed by atoms with Crippen LogP contribution in [0.5, 0.6) is 0 Å². The number of rotatable bonds is 5. The van der Waals surface area contributed by atoms with E-state index in [4.69, 9.17) is 0 Å². The van der Waals surface area contributed by atoms with Gasteiger partial charge in [-0.15, -0.1) is 0 Å². The van der Waals surface area contributed by atoms with Crippen molar-refractivity contribution in [2.24, 2.45) is 11.8 Å². The lowest BCUT2D eigenvalue weighted by atomic mass is 10.3. The third kappa shape index (κ3) is 2.18. The van der Waals surface area contributed by atoms with E-state index in [0.717, 1.165) is 24.9 Å². The lowest BCUT2D eigenvalue weighted by Crippen LogP contribution is -2.18. The van der Waals surface area contributed by atoms with Gasteiger partial charge in [0, 0.05) is 25.0 Å². The molecule has 2 rings (SSSR count). The molecular weight excluding hydrogens is 172 g/mol. The van der Waals surface area contributed by atoms with Crippen molar-refractivity contribution in [3.63, 3.8) is 0 Å². The molecule has 1 aliphatic carbocycles. The maximum Gasteiger partial charge on any atom is 0.0359 e. The highest BCUT2D eigenvalue weighted by Gasteiger charge is 2.31. The van der Waals surface area contributed by atoms with Gasteiger partial charge in [-0.3, -0.25) is 0 Å². The average Bonchev–Trinajstić information content (AvgIpc) is 2.72. The molecule has 0 radical (unpaired) electrons. The number of aryl methyl sites for hydroxylation is 1. The lowest BCUT2D eigenvalue weighted by molar-refractivity contribution is 0.584. The van der Waals surface area contributed by atoms with E-state index in [9.17, 15) is 0 Å². The summed E-state index contributed by atoms with van der Waals surface area (Å²) in [5.41, 5.74) is 1.40. The smallest absolute Gasteiger partial charge is 0.0359 e. The van der Waals surface area contributed by atoms with Crippen LogP contribution in [0.25, 0.3) is 0 Å². The van der Waals surface area contributed by atoms with Crippen LogP contribution in [0.1, 0.15) is 26.0 Å². The van der Waals surface area contributed by atoms with Crippen molar-refractivity contribution in [3.8, 4) is 0 Å². The first-order valence-electron chi connectivity index (χ1n) is 5.66. The van der Waals surface area contributed by atoms with E-state index in [0.29, 0.717) is 0 Å². The van der Waals surface area contributed by atoms with Crippen molar-refractivity contribution in [2.75, 3.05) is 6.54 Å². The van der Waals surface area contributed by atoms with Gasteiger partial charge in [0.15, 0.2) is 0 Å². The minimum Gasteiger partial charge on any atom is -0.351 e. The average molecular weight is 192 g/mol. The second-order valence-electron chi connectivity index (χ2n) is 4.39. The van der Waals surface area contributed by atoms with Gasteiger partial charge in [-0.1, -0.05) is 6.92 Å². The Bertz CT molecular complexity index is 290. The van der Waals surface area contributed by atoms with Gasteiger partial charge >= 0.3 is 0 Å². The van der Waals surface area contributed by atoms with E-state index in [-0.39, 0.29) is 0 Å². The van der Waals surface area contributed by atoms with Crippen LogP contribution in [0.2, 0.25) is 0 Å². The molecule has 1 aromatic heterocycles. The van der Waals surface area contributed by atoms with Gasteiger partial charge in [0.25, 0.3) is 0 Å². The number of nitrogens with zero attached hydrogens (tertiary/aromatic N) is 1. The predicted octanol–water partition coefficient (Wildman–Crippen LogP) is 2.25. The fraction of sp³-hybridized carbons (Fsp3) is 0.667. The minimum absolute atomic E-state index is 0.944. The number of hydrogen-bond donors (Lipinski definition) is 1. The third-order valence-electron chi connectivity index (χ3n) is 3.25. The van der Waals surface area contributed by atoms with Crippen LogP contribution in [0, 0.1) is 11.8 Å². The maximum atomic E-state index is 3.53. The van der Waals surface area contributed by atoms with E-state index in [1.165, 1.54) is 18.7 Å². The lowest BCUT2D eigenvalue weighted by Gasteiger charge is -2.07. The highest BCUT2D eigenvalue weighted by Crippen LogP contribution is 2.36. The third-order valence-corrected chi connectivity index (χ3v) is 3.25. The molecule has 0 aromatic carbocycles. The Morgan fingerprint density at radius 2 is 2.36 bits per heavy atom. The first kappa shape index (κ1) is 9.78. The Morgan fingerprint density at radius 3 is 3.00 bits per heavy atom.